The fourth-order valence-corrected chi connectivity index (χ4v) is 3.74. The molecule has 0 aliphatic carbocycles. The lowest BCUT2D eigenvalue weighted by molar-refractivity contribution is -0.148. The van der Waals surface area contributed by atoms with E-state index in [1.165, 1.54) is 23.9 Å². The monoisotopic (exact) mass is 352 g/mol. The van der Waals surface area contributed by atoms with Gasteiger partial charge in [0, 0.05) is 6.54 Å². The minimum Gasteiger partial charge on any atom is -0.350 e. The Morgan fingerprint density at radius 1 is 1.12 bits per heavy atom. The van der Waals surface area contributed by atoms with Gasteiger partial charge in [0.25, 0.3) is 0 Å². The summed E-state index contributed by atoms with van der Waals surface area (Å²) in [5.41, 5.74) is 0.745. The fraction of sp³-hybridized carbons (Fsp3) is 0.471. The Bertz CT molecular complexity index is 599. The van der Waals surface area contributed by atoms with Crippen molar-refractivity contribution < 1.29 is 18.8 Å². The molecule has 0 unspecified atom stereocenters. The van der Waals surface area contributed by atoms with Crippen molar-refractivity contribution in [3.8, 4) is 0 Å². The zero-order chi connectivity index (χ0) is 17.7. The number of carbonyl (C=O) groups is 3. The molecule has 0 saturated carbocycles. The highest BCUT2D eigenvalue weighted by atomic mass is 32.2. The molecule has 0 aromatic heterocycles. The zero-order valence-corrected chi connectivity index (χ0v) is 14.6. The first-order valence-electron chi connectivity index (χ1n) is 7.98. The lowest BCUT2D eigenvalue weighted by Gasteiger charge is -2.34. The Morgan fingerprint density at radius 3 is 2.17 bits per heavy atom. The van der Waals surface area contributed by atoms with E-state index in [0.717, 1.165) is 10.5 Å². The minimum atomic E-state index is -0.405. The van der Waals surface area contributed by atoms with Gasteiger partial charge in [0.05, 0.1) is 10.5 Å². The van der Waals surface area contributed by atoms with Crippen LogP contribution in [-0.2, 0) is 20.9 Å². The summed E-state index contributed by atoms with van der Waals surface area (Å²) in [6.07, 6.45) is 1.25. The number of nitrogens with one attached hydrogen (secondary N) is 1. The summed E-state index contributed by atoms with van der Waals surface area (Å²) in [5, 5.41) is 2.10. The molecule has 1 fully saturated rings. The van der Waals surface area contributed by atoms with Gasteiger partial charge in [-0.1, -0.05) is 26.0 Å². The topological polar surface area (TPSA) is 66.5 Å². The number of thioether (sulfide) groups is 1. The van der Waals surface area contributed by atoms with Crippen LogP contribution in [0, 0.1) is 5.82 Å². The van der Waals surface area contributed by atoms with Crippen molar-refractivity contribution in [3.63, 3.8) is 0 Å². The van der Waals surface area contributed by atoms with Crippen LogP contribution in [0.15, 0.2) is 24.3 Å². The molecule has 3 amide bonds. The van der Waals surface area contributed by atoms with Crippen molar-refractivity contribution in [2.45, 2.75) is 43.7 Å². The fourth-order valence-electron chi connectivity index (χ4n) is 2.47. The molecule has 1 N–H and O–H groups in total. The third kappa shape index (κ3) is 4.35. The van der Waals surface area contributed by atoms with Crippen LogP contribution in [-0.4, -0.2) is 39.7 Å². The molecule has 1 aliphatic heterocycles. The lowest BCUT2D eigenvalue weighted by atomic mass is 10.2. The quantitative estimate of drug-likeness (QED) is 0.796. The first-order chi connectivity index (χ1) is 11.5. The highest BCUT2D eigenvalue weighted by Crippen LogP contribution is 2.31. The van der Waals surface area contributed by atoms with Crippen LogP contribution < -0.4 is 5.32 Å². The number of rotatable bonds is 6. The molecule has 1 heterocycles. The molecular weight excluding hydrogens is 331 g/mol. The molecule has 0 radical (unpaired) electrons. The molecule has 1 aliphatic rings. The van der Waals surface area contributed by atoms with Crippen molar-refractivity contribution in [2.24, 2.45) is 0 Å². The van der Waals surface area contributed by atoms with E-state index in [1.54, 1.807) is 12.1 Å². The van der Waals surface area contributed by atoms with Gasteiger partial charge in [-0.25, -0.2) is 4.39 Å². The van der Waals surface area contributed by atoms with Gasteiger partial charge in [0.2, 0.25) is 17.7 Å². The summed E-state index contributed by atoms with van der Waals surface area (Å²) in [5.74, 6) is -1.34. The first-order valence-corrected chi connectivity index (χ1v) is 8.92. The number of hydrogen-bond donors (Lipinski definition) is 1. The molecule has 1 saturated heterocycles. The smallest absolute Gasteiger partial charge is 0.242 e. The highest BCUT2D eigenvalue weighted by Gasteiger charge is 2.40. The average Bonchev–Trinajstić information content (AvgIpc) is 2.58. The van der Waals surface area contributed by atoms with Crippen molar-refractivity contribution in [2.75, 3.05) is 6.54 Å². The predicted octanol–water partition coefficient (Wildman–Crippen LogP) is 2.10. The van der Waals surface area contributed by atoms with Gasteiger partial charge in [0.1, 0.15) is 12.4 Å². The van der Waals surface area contributed by atoms with E-state index in [1.807, 2.05) is 13.8 Å². The van der Waals surface area contributed by atoms with Crippen LogP contribution in [0.1, 0.15) is 32.3 Å². The molecule has 7 heteroatoms. The number of amides is 3. The van der Waals surface area contributed by atoms with E-state index in [4.69, 9.17) is 0 Å². The second-order valence-corrected chi connectivity index (χ2v) is 7.01. The maximum atomic E-state index is 12.9. The molecule has 130 valence electrons. The third-order valence-corrected chi connectivity index (χ3v) is 5.58. The second-order valence-electron chi connectivity index (χ2n) is 5.60. The Kier molecular flexibility index (Phi) is 6.36. The largest absolute Gasteiger partial charge is 0.350 e. The van der Waals surface area contributed by atoms with Gasteiger partial charge in [-0.2, -0.15) is 0 Å². The van der Waals surface area contributed by atoms with E-state index in [-0.39, 0.29) is 41.2 Å². The summed E-state index contributed by atoms with van der Waals surface area (Å²) < 4.78 is 12.9. The van der Waals surface area contributed by atoms with Crippen LogP contribution in [0.25, 0.3) is 0 Å². The molecule has 1 aromatic carbocycles. The number of imide groups is 1. The number of nitrogens with zero attached hydrogens (tertiary/aromatic N) is 1. The van der Waals surface area contributed by atoms with Gasteiger partial charge in [0.15, 0.2) is 0 Å². The minimum absolute atomic E-state index is 0.221. The van der Waals surface area contributed by atoms with Crippen molar-refractivity contribution in [1.29, 1.82) is 0 Å². The number of hydrogen-bond acceptors (Lipinski definition) is 4. The number of halogens is 1. The van der Waals surface area contributed by atoms with Gasteiger partial charge in [-0.3, -0.25) is 19.3 Å². The molecule has 5 nitrogen and oxygen atoms in total. The Labute approximate surface area is 145 Å². The van der Waals surface area contributed by atoms with E-state index in [2.05, 4.69) is 5.32 Å². The maximum Gasteiger partial charge on any atom is 0.242 e. The maximum absolute atomic E-state index is 12.9. The third-order valence-electron chi connectivity index (χ3n) is 3.86. The van der Waals surface area contributed by atoms with E-state index < -0.39 is 5.91 Å². The molecule has 2 atom stereocenters. The second kappa shape index (κ2) is 8.28. The normalized spacial score (nSPS) is 21.0. The molecule has 24 heavy (non-hydrogen) atoms. The van der Waals surface area contributed by atoms with Crippen LogP contribution in [0.4, 0.5) is 4.39 Å². The first kappa shape index (κ1) is 18.4. The van der Waals surface area contributed by atoms with Gasteiger partial charge in [-0.15, -0.1) is 11.8 Å². The van der Waals surface area contributed by atoms with Gasteiger partial charge >= 0.3 is 0 Å². The predicted molar refractivity (Wildman–Crippen MR) is 90.7 cm³/mol. The number of benzene rings is 1. The van der Waals surface area contributed by atoms with Crippen LogP contribution in [0.3, 0.4) is 0 Å². The van der Waals surface area contributed by atoms with Gasteiger partial charge < -0.3 is 5.32 Å². The molecular formula is C17H21FN2O3S. The summed E-state index contributed by atoms with van der Waals surface area (Å²) in [6, 6.07) is 5.77. The zero-order valence-electron chi connectivity index (χ0n) is 13.8. The van der Waals surface area contributed by atoms with Gasteiger partial charge in [-0.05, 0) is 30.5 Å². The standard InChI is InChI=1S/C17H21FN2O3S/c1-3-13-16(22)20(17(23)14(4-2)24-13)10-15(21)19-9-11-5-7-12(18)8-6-11/h5-8,13-14H,3-4,9-10H2,1-2H3,(H,19,21)/t13-,14-/m1/s1. The summed E-state index contributed by atoms with van der Waals surface area (Å²) in [7, 11) is 0. The number of carbonyl (C=O) groups excluding carboxylic acids is 3. The summed E-state index contributed by atoms with van der Waals surface area (Å²) in [4.78, 5) is 37.8. The Hall–Kier alpha value is -1.89. The van der Waals surface area contributed by atoms with E-state index in [9.17, 15) is 18.8 Å². The molecule has 1 aromatic rings. The van der Waals surface area contributed by atoms with Crippen molar-refractivity contribution in [3.05, 3.63) is 35.6 Å². The average molecular weight is 352 g/mol. The summed E-state index contributed by atoms with van der Waals surface area (Å²) in [6.45, 7) is 3.74. The van der Waals surface area contributed by atoms with Crippen molar-refractivity contribution in [1.82, 2.24) is 10.2 Å². The highest BCUT2D eigenvalue weighted by molar-refractivity contribution is 8.02. The van der Waals surface area contributed by atoms with Crippen LogP contribution in [0.5, 0.6) is 0 Å². The SMILES string of the molecule is CC[C@H]1S[C@H](CC)C(=O)N(CC(=O)NCc2ccc(F)cc2)C1=O. The Balaban J connectivity index is 1.96. The molecule has 0 spiro atoms. The molecule has 2 rings (SSSR count). The Morgan fingerprint density at radius 2 is 1.67 bits per heavy atom. The van der Waals surface area contributed by atoms with E-state index >= 15 is 0 Å². The van der Waals surface area contributed by atoms with Crippen LogP contribution in [0.2, 0.25) is 0 Å². The van der Waals surface area contributed by atoms with Crippen LogP contribution >= 0.6 is 11.8 Å². The molecule has 0 bridgehead atoms. The summed E-state index contributed by atoms with van der Waals surface area (Å²) >= 11 is 1.38. The van der Waals surface area contributed by atoms with E-state index in [0.29, 0.717) is 12.8 Å². The van der Waals surface area contributed by atoms with Crippen molar-refractivity contribution >= 4 is 29.5 Å². The lowest BCUT2D eigenvalue weighted by Crippen LogP contribution is -2.54.